The summed E-state index contributed by atoms with van der Waals surface area (Å²) in [5.74, 6) is -0.920. The molecule has 1 amide bonds. The van der Waals surface area contributed by atoms with E-state index in [2.05, 4.69) is 21.2 Å². The van der Waals surface area contributed by atoms with Gasteiger partial charge < -0.3 is 15.2 Å². The lowest BCUT2D eigenvalue weighted by molar-refractivity contribution is 0.102. The average molecular weight is 375 g/mol. The van der Waals surface area contributed by atoms with Crippen LogP contribution in [0.1, 0.15) is 10.4 Å². The van der Waals surface area contributed by atoms with Gasteiger partial charge in [0.05, 0.1) is 17.8 Å². The predicted octanol–water partition coefficient (Wildman–Crippen LogP) is 4.21. The molecule has 2 aromatic rings. The number of nitrogens with one attached hydrogen (secondary N) is 1. The summed E-state index contributed by atoms with van der Waals surface area (Å²) >= 11 is 9.02. The van der Waals surface area contributed by atoms with Gasteiger partial charge in [-0.2, -0.15) is 0 Å². The molecule has 21 heavy (non-hydrogen) atoms. The molecule has 0 unspecified atom stereocenters. The number of carbonyl (C=O) groups is 1. The number of amides is 1. The number of phenolic OH excluding ortho intramolecular Hbond substituents is 1. The zero-order valence-corrected chi connectivity index (χ0v) is 13.1. The van der Waals surface area contributed by atoms with E-state index in [-0.39, 0.29) is 27.8 Å². The van der Waals surface area contributed by atoms with Gasteiger partial charge >= 0.3 is 0 Å². The van der Waals surface area contributed by atoms with Crippen molar-refractivity contribution in [3.05, 3.63) is 51.2 Å². The Morgan fingerprint density at radius 2 is 2.10 bits per heavy atom. The molecule has 0 bridgehead atoms. The Labute approximate surface area is 133 Å². The molecule has 4 nitrogen and oxygen atoms in total. The fourth-order valence-electron chi connectivity index (χ4n) is 1.68. The Kier molecular flexibility index (Phi) is 4.69. The fourth-order valence-corrected chi connectivity index (χ4v) is 2.58. The molecule has 2 N–H and O–H groups in total. The van der Waals surface area contributed by atoms with Crippen LogP contribution in [-0.4, -0.2) is 18.1 Å². The molecule has 0 aliphatic heterocycles. The number of phenols is 1. The number of methoxy groups -OCH3 is 1. The van der Waals surface area contributed by atoms with Crippen molar-refractivity contribution < 1.29 is 19.0 Å². The van der Waals surface area contributed by atoms with Gasteiger partial charge in [0.25, 0.3) is 5.91 Å². The van der Waals surface area contributed by atoms with E-state index in [4.69, 9.17) is 16.3 Å². The maximum Gasteiger partial charge on any atom is 0.255 e. The first-order valence-corrected chi connectivity index (χ1v) is 6.92. The second-order valence-electron chi connectivity index (χ2n) is 4.09. The van der Waals surface area contributed by atoms with E-state index < -0.39 is 11.7 Å². The first-order valence-electron chi connectivity index (χ1n) is 5.75. The lowest BCUT2D eigenvalue weighted by Crippen LogP contribution is -2.12. The highest BCUT2D eigenvalue weighted by Gasteiger charge is 2.14. The van der Waals surface area contributed by atoms with E-state index in [1.165, 1.54) is 31.4 Å². The van der Waals surface area contributed by atoms with Crippen molar-refractivity contribution in [2.24, 2.45) is 0 Å². The summed E-state index contributed by atoms with van der Waals surface area (Å²) in [5, 5.41) is 12.3. The van der Waals surface area contributed by atoms with Gasteiger partial charge in [-0.1, -0.05) is 11.6 Å². The molecular weight excluding hydrogens is 365 g/mol. The van der Waals surface area contributed by atoms with E-state index in [1.807, 2.05) is 0 Å². The Morgan fingerprint density at radius 1 is 1.38 bits per heavy atom. The van der Waals surface area contributed by atoms with Gasteiger partial charge in [0.2, 0.25) is 0 Å². The normalized spacial score (nSPS) is 10.3. The Bertz CT molecular complexity index is 686. The van der Waals surface area contributed by atoms with Gasteiger partial charge in [0.1, 0.15) is 5.82 Å². The van der Waals surface area contributed by atoms with Gasteiger partial charge in [0.15, 0.2) is 11.5 Å². The number of halogens is 3. The maximum absolute atomic E-state index is 13.1. The second-order valence-corrected chi connectivity index (χ2v) is 5.35. The zero-order chi connectivity index (χ0) is 15.6. The van der Waals surface area contributed by atoms with E-state index in [9.17, 15) is 14.3 Å². The summed E-state index contributed by atoms with van der Waals surface area (Å²) in [5.41, 5.74) is 0.457. The van der Waals surface area contributed by atoms with Crippen molar-refractivity contribution in [3.63, 3.8) is 0 Å². The molecule has 0 radical (unpaired) electrons. The van der Waals surface area contributed by atoms with Crippen molar-refractivity contribution in [2.75, 3.05) is 12.4 Å². The summed E-state index contributed by atoms with van der Waals surface area (Å²) in [4.78, 5) is 12.1. The summed E-state index contributed by atoms with van der Waals surface area (Å²) in [6, 6.07) is 6.49. The van der Waals surface area contributed by atoms with Crippen LogP contribution >= 0.6 is 27.5 Å². The van der Waals surface area contributed by atoms with Crippen LogP contribution in [0, 0.1) is 5.82 Å². The van der Waals surface area contributed by atoms with Crippen LogP contribution in [-0.2, 0) is 0 Å². The number of anilines is 1. The van der Waals surface area contributed by atoms with Gasteiger partial charge in [-0.15, -0.1) is 0 Å². The molecule has 0 aliphatic rings. The van der Waals surface area contributed by atoms with Gasteiger partial charge in [-0.05, 0) is 46.3 Å². The predicted molar refractivity (Wildman–Crippen MR) is 81.7 cm³/mol. The summed E-state index contributed by atoms with van der Waals surface area (Å²) < 4.78 is 18.3. The molecule has 0 aromatic heterocycles. The molecule has 0 aliphatic carbocycles. The summed E-state index contributed by atoms with van der Waals surface area (Å²) in [7, 11) is 1.41. The quantitative estimate of drug-likeness (QED) is 0.846. The van der Waals surface area contributed by atoms with E-state index in [0.717, 1.165) is 6.07 Å². The Balaban J connectivity index is 2.28. The second kappa shape index (κ2) is 6.32. The maximum atomic E-state index is 13.1. The monoisotopic (exact) mass is 373 g/mol. The number of ether oxygens (including phenoxy) is 1. The lowest BCUT2D eigenvalue weighted by Gasteiger charge is -2.10. The van der Waals surface area contributed by atoms with Crippen molar-refractivity contribution in [1.29, 1.82) is 0 Å². The van der Waals surface area contributed by atoms with Gasteiger partial charge in [-0.25, -0.2) is 4.39 Å². The van der Waals surface area contributed by atoms with E-state index in [0.29, 0.717) is 4.47 Å². The van der Waals surface area contributed by atoms with Crippen LogP contribution in [0.3, 0.4) is 0 Å². The largest absolute Gasteiger partial charge is 0.504 e. The highest BCUT2D eigenvalue weighted by molar-refractivity contribution is 9.10. The van der Waals surface area contributed by atoms with E-state index in [1.54, 1.807) is 0 Å². The molecular formula is C14H10BrClFNO3. The van der Waals surface area contributed by atoms with E-state index >= 15 is 0 Å². The SMILES string of the molecule is COc1ccc(C(=O)Nc2c(Cl)cc(F)cc2Br)cc1O. The Morgan fingerprint density at radius 3 is 2.67 bits per heavy atom. The number of rotatable bonds is 3. The van der Waals surface area contributed by atoms with Crippen LogP contribution in [0.5, 0.6) is 11.5 Å². The molecule has 2 aromatic carbocycles. The third-order valence-corrected chi connectivity index (χ3v) is 3.61. The minimum atomic E-state index is -0.521. The molecule has 7 heteroatoms. The third kappa shape index (κ3) is 3.46. The highest BCUT2D eigenvalue weighted by Crippen LogP contribution is 2.32. The van der Waals surface area contributed by atoms with Crippen LogP contribution in [0.2, 0.25) is 5.02 Å². The zero-order valence-electron chi connectivity index (χ0n) is 10.8. The highest BCUT2D eigenvalue weighted by atomic mass is 79.9. The van der Waals surface area contributed by atoms with Crippen molar-refractivity contribution in [1.82, 2.24) is 0 Å². The van der Waals surface area contributed by atoms with Crippen molar-refractivity contribution in [2.45, 2.75) is 0 Å². The number of hydrogen-bond donors (Lipinski definition) is 2. The molecule has 0 heterocycles. The smallest absolute Gasteiger partial charge is 0.255 e. The number of benzene rings is 2. The lowest BCUT2D eigenvalue weighted by atomic mass is 10.2. The van der Waals surface area contributed by atoms with Gasteiger partial charge in [0, 0.05) is 10.0 Å². The molecule has 0 spiro atoms. The topological polar surface area (TPSA) is 58.6 Å². The Hall–Kier alpha value is -1.79. The van der Waals surface area contributed by atoms with Crippen LogP contribution in [0.25, 0.3) is 0 Å². The van der Waals surface area contributed by atoms with Crippen LogP contribution in [0.15, 0.2) is 34.8 Å². The molecule has 0 saturated heterocycles. The number of hydrogen-bond acceptors (Lipinski definition) is 3. The number of carbonyl (C=O) groups excluding carboxylic acids is 1. The molecule has 110 valence electrons. The third-order valence-electron chi connectivity index (χ3n) is 2.69. The fraction of sp³-hybridized carbons (Fsp3) is 0.0714. The molecule has 2 rings (SSSR count). The first kappa shape index (κ1) is 15.6. The van der Waals surface area contributed by atoms with Crippen molar-refractivity contribution in [3.8, 4) is 11.5 Å². The van der Waals surface area contributed by atoms with Crippen LogP contribution < -0.4 is 10.1 Å². The number of aromatic hydroxyl groups is 1. The molecule has 0 atom stereocenters. The minimum Gasteiger partial charge on any atom is -0.504 e. The summed E-state index contributed by atoms with van der Waals surface area (Å²) in [6.07, 6.45) is 0. The van der Waals surface area contributed by atoms with Gasteiger partial charge in [-0.3, -0.25) is 4.79 Å². The first-order chi connectivity index (χ1) is 9.92. The minimum absolute atomic E-state index is 0.0629. The molecule has 0 fully saturated rings. The van der Waals surface area contributed by atoms with Crippen LogP contribution in [0.4, 0.5) is 10.1 Å². The summed E-state index contributed by atoms with van der Waals surface area (Å²) in [6.45, 7) is 0. The molecule has 0 saturated carbocycles. The average Bonchev–Trinajstić information content (AvgIpc) is 2.42. The standard InChI is InChI=1S/C14H10BrClFNO3/c1-21-12-3-2-7(4-11(12)19)14(20)18-13-9(15)5-8(17)6-10(13)16/h2-6,19H,1H3,(H,18,20). The van der Waals surface area contributed by atoms with Crippen molar-refractivity contribution >= 4 is 39.1 Å².